The van der Waals surface area contributed by atoms with Gasteiger partial charge in [0.2, 0.25) is 0 Å². The number of hydrogen-bond donors (Lipinski definition) is 2. The van der Waals surface area contributed by atoms with Gasteiger partial charge in [-0.2, -0.15) is 0 Å². The van der Waals surface area contributed by atoms with Crippen LogP contribution >= 0.6 is 11.6 Å². The van der Waals surface area contributed by atoms with Gasteiger partial charge in [-0.25, -0.2) is 8.42 Å². The summed E-state index contributed by atoms with van der Waals surface area (Å²) in [5, 5.41) is 3.24. The number of amides is 1. The smallest absolute Gasteiger partial charge is 0.262 e. The third kappa shape index (κ3) is 5.52. The van der Waals surface area contributed by atoms with Gasteiger partial charge < -0.3 is 10.1 Å². The van der Waals surface area contributed by atoms with Crippen molar-refractivity contribution in [2.75, 3.05) is 16.6 Å². The molecule has 0 fully saturated rings. The molecule has 0 spiro atoms. The van der Waals surface area contributed by atoms with Crippen LogP contribution in [0.5, 0.6) is 5.75 Å². The Morgan fingerprint density at radius 2 is 1.53 bits per heavy atom. The van der Waals surface area contributed by atoms with E-state index in [1.54, 1.807) is 24.3 Å². The molecular formula is C22H21ClN2O4S. The minimum absolute atomic E-state index is 0.0977. The van der Waals surface area contributed by atoms with Gasteiger partial charge in [-0.3, -0.25) is 9.52 Å². The molecule has 0 aliphatic carbocycles. The standard InChI is InChI=1S/C22H21ClN2O4S/c1-15-4-3-5-16(2)22(15)25-30(27,28)20-12-8-18(9-13-20)24-21(26)14-29-19-10-6-17(23)7-11-19/h3-13,25H,14H2,1-2H3,(H,24,26). The first-order chi connectivity index (χ1) is 14.2. The fraction of sp³-hybridized carbons (Fsp3) is 0.136. The SMILES string of the molecule is Cc1cccc(C)c1NS(=O)(=O)c1ccc(NC(=O)COc2ccc(Cl)cc2)cc1. The normalized spacial score (nSPS) is 11.0. The summed E-state index contributed by atoms with van der Waals surface area (Å²) in [6.45, 7) is 3.50. The molecule has 0 saturated carbocycles. The van der Waals surface area contributed by atoms with Crippen molar-refractivity contribution < 1.29 is 17.9 Å². The Bertz CT molecular complexity index is 1120. The Kier molecular flexibility index (Phi) is 6.64. The van der Waals surface area contributed by atoms with E-state index in [-0.39, 0.29) is 17.4 Å². The highest BCUT2D eigenvalue weighted by Crippen LogP contribution is 2.24. The second-order valence-corrected chi connectivity index (χ2v) is 8.81. The van der Waals surface area contributed by atoms with E-state index in [0.717, 1.165) is 11.1 Å². The molecule has 0 aromatic heterocycles. The van der Waals surface area contributed by atoms with Gasteiger partial charge in [-0.15, -0.1) is 0 Å². The van der Waals surface area contributed by atoms with E-state index >= 15 is 0 Å². The molecule has 0 aliphatic rings. The Hall–Kier alpha value is -3.03. The molecule has 156 valence electrons. The van der Waals surface area contributed by atoms with Crippen LogP contribution in [-0.4, -0.2) is 20.9 Å². The van der Waals surface area contributed by atoms with Crippen LogP contribution < -0.4 is 14.8 Å². The molecule has 0 bridgehead atoms. The van der Waals surface area contributed by atoms with Crippen LogP contribution in [0.4, 0.5) is 11.4 Å². The Balaban J connectivity index is 1.62. The van der Waals surface area contributed by atoms with Crippen molar-refractivity contribution in [1.82, 2.24) is 0 Å². The van der Waals surface area contributed by atoms with Gasteiger partial charge in [-0.05, 0) is 73.5 Å². The average molecular weight is 445 g/mol. The second kappa shape index (κ2) is 9.19. The number of benzene rings is 3. The lowest BCUT2D eigenvalue weighted by atomic mass is 10.1. The van der Waals surface area contributed by atoms with E-state index in [1.807, 2.05) is 32.0 Å². The second-order valence-electron chi connectivity index (χ2n) is 6.69. The maximum atomic E-state index is 12.7. The van der Waals surface area contributed by atoms with Crippen molar-refractivity contribution in [3.63, 3.8) is 0 Å². The number of sulfonamides is 1. The number of halogens is 1. The Labute approximate surface area is 180 Å². The summed E-state index contributed by atoms with van der Waals surface area (Å²) in [6.07, 6.45) is 0. The Morgan fingerprint density at radius 3 is 2.13 bits per heavy atom. The lowest BCUT2D eigenvalue weighted by Crippen LogP contribution is -2.20. The summed E-state index contributed by atoms with van der Waals surface area (Å²) in [5.74, 6) is 0.155. The number of rotatable bonds is 7. The highest BCUT2D eigenvalue weighted by Gasteiger charge is 2.16. The predicted molar refractivity (Wildman–Crippen MR) is 119 cm³/mol. The molecule has 0 radical (unpaired) electrons. The molecule has 3 aromatic carbocycles. The summed E-state index contributed by atoms with van der Waals surface area (Å²) < 4.78 is 33.4. The van der Waals surface area contributed by atoms with Crippen LogP contribution in [0.1, 0.15) is 11.1 Å². The minimum Gasteiger partial charge on any atom is -0.484 e. The van der Waals surface area contributed by atoms with E-state index < -0.39 is 10.0 Å². The summed E-state index contributed by atoms with van der Waals surface area (Å²) >= 11 is 5.80. The van der Waals surface area contributed by atoms with E-state index in [0.29, 0.717) is 22.1 Å². The molecular weight excluding hydrogens is 424 g/mol. The van der Waals surface area contributed by atoms with Crippen molar-refractivity contribution >= 4 is 38.9 Å². The molecule has 0 aliphatic heterocycles. The van der Waals surface area contributed by atoms with Crippen molar-refractivity contribution in [3.05, 3.63) is 82.9 Å². The van der Waals surface area contributed by atoms with Crippen LogP contribution in [0, 0.1) is 13.8 Å². The van der Waals surface area contributed by atoms with Gasteiger partial charge in [0.05, 0.1) is 10.6 Å². The molecule has 30 heavy (non-hydrogen) atoms. The zero-order valence-corrected chi connectivity index (χ0v) is 18.0. The molecule has 6 nitrogen and oxygen atoms in total. The maximum Gasteiger partial charge on any atom is 0.262 e. The number of ether oxygens (including phenoxy) is 1. The average Bonchev–Trinajstić information content (AvgIpc) is 2.71. The molecule has 3 rings (SSSR count). The monoisotopic (exact) mass is 444 g/mol. The number of para-hydroxylation sites is 1. The summed E-state index contributed by atoms with van der Waals surface area (Å²) in [7, 11) is -3.75. The largest absolute Gasteiger partial charge is 0.484 e. The van der Waals surface area contributed by atoms with Crippen molar-refractivity contribution in [2.24, 2.45) is 0 Å². The van der Waals surface area contributed by atoms with Crippen LogP contribution in [-0.2, 0) is 14.8 Å². The zero-order chi connectivity index (χ0) is 21.7. The van der Waals surface area contributed by atoms with Crippen molar-refractivity contribution in [2.45, 2.75) is 18.7 Å². The Morgan fingerprint density at radius 1 is 0.933 bits per heavy atom. The zero-order valence-electron chi connectivity index (χ0n) is 16.5. The van der Waals surface area contributed by atoms with Crippen LogP contribution in [0.2, 0.25) is 5.02 Å². The summed E-state index contributed by atoms with van der Waals surface area (Å²) in [4.78, 5) is 12.2. The van der Waals surface area contributed by atoms with E-state index in [1.165, 1.54) is 24.3 Å². The van der Waals surface area contributed by atoms with Crippen LogP contribution in [0.15, 0.2) is 71.6 Å². The molecule has 0 unspecified atom stereocenters. The lowest BCUT2D eigenvalue weighted by Gasteiger charge is -2.13. The molecule has 8 heteroatoms. The minimum atomic E-state index is -3.75. The number of carbonyl (C=O) groups is 1. The molecule has 0 saturated heterocycles. The van der Waals surface area contributed by atoms with Crippen molar-refractivity contribution in [3.8, 4) is 5.75 Å². The predicted octanol–water partition coefficient (Wildman–Crippen LogP) is 4.78. The molecule has 0 atom stereocenters. The van der Waals surface area contributed by atoms with Crippen LogP contribution in [0.25, 0.3) is 0 Å². The van der Waals surface area contributed by atoms with Crippen LogP contribution in [0.3, 0.4) is 0 Å². The summed E-state index contributed by atoms with van der Waals surface area (Å²) in [5.41, 5.74) is 2.70. The third-order valence-corrected chi connectivity index (χ3v) is 5.97. The lowest BCUT2D eigenvalue weighted by molar-refractivity contribution is -0.118. The maximum absolute atomic E-state index is 12.7. The number of nitrogens with one attached hydrogen (secondary N) is 2. The van der Waals surface area contributed by atoms with E-state index in [9.17, 15) is 13.2 Å². The topological polar surface area (TPSA) is 84.5 Å². The summed E-state index contributed by atoms with van der Waals surface area (Å²) in [6, 6.07) is 18.1. The molecule has 2 N–H and O–H groups in total. The first kappa shape index (κ1) is 21.7. The fourth-order valence-corrected chi connectivity index (χ4v) is 4.09. The first-order valence-corrected chi connectivity index (χ1v) is 11.0. The van der Waals surface area contributed by atoms with Crippen molar-refractivity contribution in [1.29, 1.82) is 0 Å². The van der Waals surface area contributed by atoms with E-state index in [4.69, 9.17) is 16.3 Å². The number of aryl methyl sites for hydroxylation is 2. The number of anilines is 2. The van der Waals surface area contributed by atoms with Gasteiger partial charge in [0, 0.05) is 10.7 Å². The van der Waals surface area contributed by atoms with Gasteiger partial charge in [-0.1, -0.05) is 29.8 Å². The number of hydrogen-bond acceptors (Lipinski definition) is 4. The molecule has 3 aromatic rings. The van der Waals surface area contributed by atoms with E-state index in [2.05, 4.69) is 10.0 Å². The first-order valence-electron chi connectivity index (χ1n) is 9.12. The molecule has 0 heterocycles. The van der Waals surface area contributed by atoms with Gasteiger partial charge in [0.25, 0.3) is 15.9 Å². The quantitative estimate of drug-likeness (QED) is 0.549. The van der Waals surface area contributed by atoms with Gasteiger partial charge in [0.15, 0.2) is 6.61 Å². The third-order valence-electron chi connectivity index (χ3n) is 4.35. The fourth-order valence-electron chi connectivity index (χ4n) is 2.76. The highest BCUT2D eigenvalue weighted by molar-refractivity contribution is 7.92. The van der Waals surface area contributed by atoms with Gasteiger partial charge in [0.1, 0.15) is 5.75 Å². The van der Waals surface area contributed by atoms with Gasteiger partial charge >= 0.3 is 0 Å². The number of carbonyl (C=O) groups excluding carboxylic acids is 1. The highest BCUT2D eigenvalue weighted by atomic mass is 35.5. The molecule has 1 amide bonds.